The van der Waals surface area contributed by atoms with Gasteiger partial charge in [-0.05, 0) is 42.5 Å². The van der Waals surface area contributed by atoms with Gasteiger partial charge in [0.05, 0.1) is 11.2 Å². The van der Waals surface area contributed by atoms with Crippen LogP contribution in [0, 0.1) is 0 Å². The van der Waals surface area contributed by atoms with Crippen molar-refractivity contribution in [1.29, 1.82) is 0 Å². The van der Waals surface area contributed by atoms with Gasteiger partial charge in [0, 0.05) is 22.2 Å². The van der Waals surface area contributed by atoms with E-state index >= 15 is 0 Å². The van der Waals surface area contributed by atoms with Gasteiger partial charge in [-0.1, -0.05) is 11.6 Å². The number of hydrogen-bond acceptors (Lipinski definition) is 5. The first kappa shape index (κ1) is 15.5. The van der Waals surface area contributed by atoms with Crippen molar-refractivity contribution in [2.75, 3.05) is 18.6 Å². The normalized spacial score (nSPS) is 12.7. The van der Waals surface area contributed by atoms with E-state index in [0.717, 1.165) is 16.6 Å². The quantitative estimate of drug-likeness (QED) is 0.704. The summed E-state index contributed by atoms with van der Waals surface area (Å²) in [6.07, 6.45) is 1.65. The zero-order valence-electron chi connectivity index (χ0n) is 13.1. The number of anilines is 1. The van der Waals surface area contributed by atoms with Crippen molar-refractivity contribution in [3.05, 3.63) is 59.2 Å². The first-order valence-electron chi connectivity index (χ1n) is 7.71. The number of hydrazine groups is 1. The number of carbonyl (C=O) groups excluding carboxylic acids is 1. The summed E-state index contributed by atoms with van der Waals surface area (Å²) in [6, 6.07) is 12.3. The number of carbonyl (C=O) groups is 1. The number of ether oxygens (including phenoxy) is 2. The zero-order valence-corrected chi connectivity index (χ0v) is 13.8. The Kier molecular flexibility index (Phi) is 4.03. The van der Waals surface area contributed by atoms with Crippen LogP contribution in [0.15, 0.2) is 48.7 Å². The summed E-state index contributed by atoms with van der Waals surface area (Å²) in [5, 5.41) is 1.46. The van der Waals surface area contributed by atoms with E-state index in [9.17, 15) is 4.79 Å². The summed E-state index contributed by atoms with van der Waals surface area (Å²) in [5.74, 6) is 0.937. The number of amides is 1. The number of aromatic nitrogens is 1. The molecule has 0 saturated heterocycles. The molecule has 0 aliphatic carbocycles. The number of nitrogens with one attached hydrogen (secondary N) is 2. The van der Waals surface area contributed by atoms with Crippen LogP contribution in [-0.2, 0) is 0 Å². The van der Waals surface area contributed by atoms with Gasteiger partial charge in [-0.25, -0.2) is 0 Å². The zero-order chi connectivity index (χ0) is 17.2. The van der Waals surface area contributed by atoms with E-state index in [1.807, 2.05) is 6.07 Å². The maximum absolute atomic E-state index is 12.4. The molecule has 1 amide bonds. The van der Waals surface area contributed by atoms with Crippen molar-refractivity contribution in [3.63, 3.8) is 0 Å². The van der Waals surface area contributed by atoms with E-state index < -0.39 is 0 Å². The highest BCUT2D eigenvalue weighted by molar-refractivity contribution is 6.31. The fraction of sp³-hybridized carbons (Fsp3) is 0.111. The Morgan fingerprint density at radius 1 is 1.04 bits per heavy atom. The molecule has 0 atom stereocenters. The van der Waals surface area contributed by atoms with Gasteiger partial charge in [-0.2, -0.15) is 0 Å². The van der Waals surface area contributed by atoms with E-state index in [2.05, 4.69) is 15.8 Å². The van der Waals surface area contributed by atoms with E-state index in [-0.39, 0.29) is 5.91 Å². The molecule has 1 aliphatic heterocycles. The molecule has 0 saturated carbocycles. The molecule has 0 unspecified atom stereocenters. The summed E-state index contributed by atoms with van der Waals surface area (Å²) < 4.78 is 11.0. The molecule has 2 N–H and O–H groups in total. The number of fused-ring (bicyclic) bond motifs is 2. The van der Waals surface area contributed by atoms with Crippen LogP contribution < -0.4 is 20.3 Å². The van der Waals surface area contributed by atoms with Gasteiger partial charge in [0.2, 0.25) is 0 Å². The molecule has 0 bridgehead atoms. The highest BCUT2D eigenvalue weighted by Crippen LogP contribution is 2.30. The van der Waals surface area contributed by atoms with Crippen LogP contribution in [0.4, 0.5) is 5.69 Å². The van der Waals surface area contributed by atoms with Crippen LogP contribution in [0.2, 0.25) is 5.02 Å². The number of hydrogen-bond donors (Lipinski definition) is 2. The van der Waals surface area contributed by atoms with Crippen LogP contribution >= 0.6 is 11.6 Å². The Morgan fingerprint density at radius 2 is 1.88 bits per heavy atom. The number of rotatable bonds is 3. The van der Waals surface area contributed by atoms with Crippen LogP contribution in [0.25, 0.3) is 10.9 Å². The molecular weight excluding hydrogens is 342 g/mol. The second-order valence-electron chi connectivity index (χ2n) is 5.46. The first-order valence-corrected chi connectivity index (χ1v) is 8.09. The molecule has 2 heterocycles. The molecule has 2 aromatic carbocycles. The molecule has 0 radical (unpaired) electrons. The fourth-order valence-corrected chi connectivity index (χ4v) is 2.78. The Bertz CT molecular complexity index is 961. The number of pyridine rings is 1. The molecule has 7 heteroatoms. The topological polar surface area (TPSA) is 72.5 Å². The minimum absolute atomic E-state index is 0.282. The number of benzene rings is 2. The molecule has 6 nitrogen and oxygen atoms in total. The molecule has 0 fully saturated rings. The standard InChI is InChI=1S/C18H14ClN3O3/c19-12-2-3-13-14(5-6-20-15(13)10-12)21-22-18(23)11-1-4-16-17(9-11)25-8-7-24-16/h1-6,9-10H,7-8H2,(H,20,21)(H,22,23). The Hall–Kier alpha value is -2.99. The molecule has 25 heavy (non-hydrogen) atoms. The minimum Gasteiger partial charge on any atom is -0.486 e. The molecule has 1 aliphatic rings. The van der Waals surface area contributed by atoms with Crippen molar-refractivity contribution in [2.24, 2.45) is 0 Å². The lowest BCUT2D eigenvalue weighted by Gasteiger charge is -2.18. The summed E-state index contributed by atoms with van der Waals surface area (Å²) in [6.45, 7) is 0.987. The third-order valence-corrected chi connectivity index (χ3v) is 4.05. The Labute approximate surface area is 148 Å². The third kappa shape index (κ3) is 3.16. The molecule has 4 rings (SSSR count). The van der Waals surface area contributed by atoms with Crippen LogP contribution in [-0.4, -0.2) is 24.1 Å². The minimum atomic E-state index is -0.282. The highest BCUT2D eigenvalue weighted by Gasteiger charge is 2.15. The largest absolute Gasteiger partial charge is 0.486 e. The lowest BCUT2D eigenvalue weighted by Crippen LogP contribution is -2.29. The second-order valence-corrected chi connectivity index (χ2v) is 5.89. The Morgan fingerprint density at radius 3 is 2.76 bits per heavy atom. The van der Waals surface area contributed by atoms with Gasteiger partial charge in [0.1, 0.15) is 13.2 Å². The fourth-order valence-electron chi connectivity index (χ4n) is 2.61. The van der Waals surface area contributed by atoms with Crippen LogP contribution in [0.3, 0.4) is 0 Å². The second kappa shape index (κ2) is 6.49. The van der Waals surface area contributed by atoms with Crippen molar-refractivity contribution >= 4 is 34.1 Å². The van der Waals surface area contributed by atoms with Gasteiger partial charge in [-0.15, -0.1) is 0 Å². The predicted molar refractivity (Wildman–Crippen MR) is 95.3 cm³/mol. The van der Waals surface area contributed by atoms with Crippen molar-refractivity contribution in [3.8, 4) is 11.5 Å². The van der Waals surface area contributed by atoms with Gasteiger partial charge < -0.3 is 9.47 Å². The van der Waals surface area contributed by atoms with Gasteiger partial charge in [-0.3, -0.25) is 20.6 Å². The van der Waals surface area contributed by atoms with Gasteiger partial charge in [0.25, 0.3) is 5.91 Å². The maximum Gasteiger partial charge on any atom is 0.269 e. The molecule has 126 valence electrons. The van der Waals surface area contributed by atoms with Crippen molar-refractivity contribution in [1.82, 2.24) is 10.4 Å². The molecule has 0 spiro atoms. The van der Waals surface area contributed by atoms with Gasteiger partial charge >= 0.3 is 0 Å². The highest BCUT2D eigenvalue weighted by atomic mass is 35.5. The molecule has 3 aromatic rings. The lowest BCUT2D eigenvalue weighted by molar-refractivity contribution is 0.0961. The van der Waals surface area contributed by atoms with E-state index in [1.165, 1.54) is 0 Å². The smallest absolute Gasteiger partial charge is 0.269 e. The van der Waals surface area contributed by atoms with Gasteiger partial charge in [0.15, 0.2) is 11.5 Å². The molecule has 1 aromatic heterocycles. The monoisotopic (exact) mass is 355 g/mol. The number of nitrogens with zero attached hydrogens (tertiary/aromatic N) is 1. The van der Waals surface area contributed by atoms with Crippen LogP contribution in [0.1, 0.15) is 10.4 Å². The summed E-state index contributed by atoms with van der Waals surface area (Å²) in [5.41, 5.74) is 7.55. The van der Waals surface area contributed by atoms with E-state index in [1.54, 1.807) is 42.6 Å². The maximum atomic E-state index is 12.4. The average Bonchev–Trinajstić information content (AvgIpc) is 2.65. The van der Waals surface area contributed by atoms with Crippen molar-refractivity contribution < 1.29 is 14.3 Å². The predicted octanol–water partition coefficient (Wildman–Crippen LogP) is 3.42. The summed E-state index contributed by atoms with van der Waals surface area (Å²) in [7, 11) is 0. The van der Waals surface area contributed by atoms with E-state index in [0.29, 0.717) is 35.3 Å². The van der Waals surface area contributed by atoms with E-state index in [4.69, 9.17) is 21.1 Å². The average molecular weight is 356 g/mol. The summed E-state index contributed by atoms with van der Waals surface area (Å²) >= 11 is 5.98. The van der Waals surface area contributed by atoms with Crippen LogP contribution in [0.5, 0.6) is 11.5 Å². The lowest BCUT2D eigenvalue weighted by atomic mass is 10.2. The summed E-state index contributed by atoms with van der Waals surface area (Å²) in [4.78, 5) is 16.7. The third-order valence-electron chi connectivity index (χ3n) is 3.82. The SMILES string of the molecule is O=C(NNc1ccnc2cc(Cl)ccc12)c1ccc2c(c1)OCCO2. The molecular formula is C18H14ClN3O3. The van der Waals surface area contributed by atoms with Crippen molar-refractivity contribution in [2.45, 2.75) is 0 Å². The Balaban J connectivity index is 1.52. The first-order chi connectivity index (χ1) is 12.2. The number of halogens is 1.